The molecule has 0 saturated heterocycles. The van der Waals surface area contributed by atoms with Gasteiger partial charge in [-0.05, 0) is 30.3 Å². The van der Waals surface area contributed by atoms with Crippen LogP contribution in [-0.2, 0) is 5.51 Å². The van der Waals surface area contributed by atoms with Gasteiger partial charge in [-0.25, -0.2) is 0 Å². The first-order chi connectivity index (χ1) is 9.47. The molecule has 3 rings (SSSR count). The van der Waals surface area contributed by atoms with E-state index in [1.54, 1.807) is 54.6 Å². The molecule has 0 spiro atoms. The van der Waals surface area contributed by atoms with Gasteiger partial charge >= 0.3 is 5.51 Å². The SMILES string of the molecule is FC(F)(F)[s+]1c(-c2cccc(Br)c2)cc2ccccc21. The van der Waals surface area contributed by atoms with E-state index in [9.17, 15) is 13.2 Å². The molecule has 0 aliphatic rings. The molecule has 1 unspecified atom stereocenters. The maximum atomic E-state index is 13.4. The normalized spacial score (nSPS) is 12.9. The van der Waals surface area contributed by atoms with Gasteiger partial charge in [0.25, 0.3) is 0 Å². The lowest BCUT2D eigenvalue weighted by Crippen LogP contribution is -1.96. The number of halogens is 4. The van der Waals surface area contributed by atoms with Crippen LogP contribution in [0.1, 0.15) is 0 Å². The van der Waals surface area contributed by atoms with E-state index in [0.29, 0.717) is 20.5 Å². The first-order valence-corrected chi connectivity index (χ1v) is 7.86. The van der Waals surface area contributed by atoms with Crippen LogP contribution in [-0.4, -0.2) is 0 Å². The summed E-state index contributed by atoms with van der Waals surface area (Å²) in [6.45, 7) is 0. The van der Waals surface area contributed by atoms with Crippen LogP contribution in [0.4, 0.5) is 13.2 Å². The van der Waals surface area contributed by atoms with Crippen LogP contribution in [0, 0.1) is 0 Å². The predicted octanol–water partition coefficient (Wildman–Crippen LogP) is 6.49. The molecule has 0 fully saturated rings. The van der Waals surface area contributed by atoms with Crippen molar-refractivity contribution in [1.82, 2.24) is 0 Å². The molecular formula is C15H9BrF3S+. The van der Waals surface area contributed by atoms with Gasteiger partial charge in [-0.15, -0.1) is 13.2 Å². The van der Waals surface area contributed by atoms with Crippen molar-refractivity contribution in [2.24, 2.45) is 0 Å². The number of hydrogen-bond acceptors (Lipinski definition) is 0. The lowest BCUT2D eigenvalue weighted by Gasteiger charge is -2.01. The lowest BCUT2D eigenvalue weighted by molar-refractivity contribution is -0.0864. The molecule has 0 bridgehead atoms. The molecule has 1 heterocycles. The fourth-order valence-corrected chi connectivity index (χ4v) is 4.52. The van der Waals surface area contributed by atoms with Crippen LogP contribution in [0.15, 0.2) is 59.1 Å². The molecule has 0 radical (unpaired) electrons. The Balaban J connectivity index is 2.35. The Morgan fingerprint density at radius 1 is 0.900 bits per heavy atom. The largest absolute Gasteiger partial charge is 0.601 e. The van der Waals surface area contributed by atoms with E-state index in [-0.39, 0.29) is 0 Å². The molecule has 1 atom stereocenters. The molecule has 0 amide bonds. The quantitative estimate of drug-likeness (QED) is 0.436. The molecule has 1 aromatic heterocycles. The van der Waals surface area contributed by atoms with E-state index in [2.05, 4.69) is 15.9 Å². The molecule has 0 saturated carbocycles. The molecule has 0 nitrogen and oxygen atoms in total. The summed E-state index contributed by atoms with van der Waals surface area (Å²) in [5.41, 5.74) is -3.66. The van der Waals surface area contributed by atoms with E-state index >= 15 is 0 Å². The second-order valence-electron chi connectivity index (χ2n) is 4.31. The fraction of sp³-hybridized carbons (Fsp3) is 0.0667. The Morgan fingerprint density at radius 2 is 1.65 bits per heavy atom. The Labute approximate surface area is 125 Å². The van der Waals surface area contributed by atoms with Crippen molar-refractivity contribution in [3.63, 3.8) is 0 Å². The van der Waals surface area contributed by atoms with E-state index < -0.39 is 16.0 Å². The maximum Gasteiger partial charge on any atom is 0.601 e. The number of benzene rings is 2. The first kappa shape index (κ1) is 13.6. The number of alkyl halides is 3. The second kappa shape index (κ2) is 4.90. The lowest BCUT2D eigenvalue weighted by atomic mass is 10.1. The van der Waals surface area contributed by atoms with Gasteiger partial charge in [-0.2, -0.15) is 0 Å². The molecule has 102 valence electrons. The van der Waals surface area contributed by atoms with Crippen molar-refractivity contribution in [2.45, 2.75) is 5.51 Å². The average molecular weight is 358 g/mol. The summed E-state index contributed by atoms with van der Waals surface area (Å²) in [6.07, 6.45) is 0. The zero-order chi connectivity index (χ0) is 14.3. The van der Waals surface area contributed by atoms with Gasteiger partial charge in [0.2, 0.25) is 0 Å². The third kappa shape index (κ3) is 2.36. The molecule has 0 N–H and O–H groups in total. The van der Waals surface area contributed by atoms with Crippen LogP contribution in [0.25, 0.3) is 20.5 Å². The van der Waals surface area contributed by atoms with Crippen molar-refractivity contribution < 1.29 is 13.2 Å². The summed E-state index contributed by atoms with van der Waals surface area (Å²) >= 11 is 3.31. The van der Waals surface area contributed by atoms with Gasteiger partial charge < -0.3 is 0 Å². The smallest absolute Gasteiger partial charge is 0.118 e. The number of hydrogen-bond donors (Lipinski definition) is 0. The fourth-order valence-electron chi connectivity index (χ4n) is 2.20. The zero-order valence-corrected chi connectivity index (χ0v) is 12.5. The summed E-state index contributed by atoms with van der Waals surface area (Å²) in [5.74, 6) is 0. The number of rotatable bonds is 1. The van der Waals surface area contributed by atoms with Crippen molar-refractivity contribution >= 4 is 36.5 Å². The van der Waals surface area contributed by atoms with Gasteiger partial charge in [-0.3, -0.25) is 0 Å². The Kier molecular flexibility index (Phi) is 3.34. The van der Waals surface area contributed by atoms with Crippen LogP contribution in [0.3, 0.4) is 0 Å². The van der Waals surface area contributed by atoms with Crippen LogP contribution < -0.4 is 0 Å². The third-order valence-electron chi connectivity index (χ3n) is 2.99. The van der Waals surface area contributed by atoms with Crippen LogP contribution >= 0.6 is 26.4 Å². The summed E-state index contributed by atoms with van der Waals surface area (Å²) in [4.78, 5) is 0.333. The highest BCUT2D eigenvalue weighted by atomic mass is 79.9. The minimum atomic E-state index is -4.26. The molecule has 0 aliphatic heterocycles. The molecule has 0 aliphatic carbocycles. The van der Waals surface area contributed by atoms with Crippen molar-refractivity contribution in [3.8, 4) is 10.4 Å². The summed E-state index contributed by atoms with van der Waals surface area (Å²) in [6, 6.07) is 15.4. The Bertz CT molecular complexity index is 774. The number of thiophene rings is 1. The van der Waals surface area contributed by atoms with Crippen LogP contribution in [0.2, 0.25) is 0 Å². The summed E-state index contributed by atoms with van der Waals surface area (Å²) in [7, 11) is -1.88. The highest BCUT2D eigenvalue weighted by molar-refractivity contribution is 9.10. The van der Waals surface area contributed by atoms with Gasteiger partial charge in [0.1, 0.15) is 10.5 Å². The average Bonchev–Trinajstić information content (AvgIpc) is 2.77. The third-order valence-corrected chi connectivity index (χ3v) is 5.55. The monoisotopic (exact) mass is 357 g/mol. The van der Waals surface area contributed by atoms with Crippen molar-refractivity contribution in [3.05, 3.63) is 59.1 Å². The Hall–Kier alpha value is -1.33. The van der Waals surface area contributed by atoms with E-state index in [4.69, 9.17) is 0 Å². The van der Waals surface area contributed by atoms with Gasteiger partial charge in [0, 0.05) is 21.5 Å². The zero-order valence-electron chi connectivity index (χ0n) is 10.1. The summed E-state index contributed by atoms with van der Waals surface area (Å²) in [5, 5.41) is 0.656. The number of fused-ring (bicyclic) bond motifs is 1. The highest BCUT2D eigenvalue weighted by Gasteiger charge is 2.48. The first-order valence-electron chi connectivity index (χ1n) is 5.84. The van der Waals surface area contributed by atoms with E-state index in [0.717, 1.165) is 4.47 Å². The van der Waals surface area contributed by atoms with Gasteiger partial charge in [0.15, 0.2) is 9.58 Å². The maximum absolute atomic E-state index is 13.4. The van der Waals surface area contributed by atoms with E-state index in [1.165, 1.54) is 0 Å². The highest BCUT2D eigenvalue weighted by Crippen LogP contribution is 2.54. The van der Waals surface area contributed by atoms with Crippen molar-refractivity contribution in [1.29, 1.82) is 0 Å². The summed E-state index contributed by atoms with van der Waals surface area (Å²) < 4.78 is 41.4. The minimum absolute atomic E-state index is 0.333. The molecule has 20 heavy (non-hydrogen) atoms. The predicted molar refractivity (Wildman–Crippen MR) is 80.9 cm³/mol. The van der Waals surface area contributed by atoms with E-state index in [1.807, 2.05) is 0 Å². The van der Waals surface area contributed by atoms with Gasteiger partial charge in [-0.1, -0.05) is 34.1 Å². The molecule has 2 aromatic carbocycles. The van der Waals surface area contributed by atoms with Crippen LogP contribution in [0.5, 0.6) is 0 Å². The topological polar surface area (TPSA) is 0 Å². The Morgan fingerprint density at radius 3 is 2.35 bits per heavy atom. The standard InChI is InChI=1S/C15H9BrF3S/c16-12-6-3-5-10(8-12)14-9-11-4-1-2-7-13(11)20(14)15(17,18)19/h1-9H/q+1. The van der Waals surface area contributed by atoms with Crippen molar-refractivity contribution in [2.75, 3.05) is 0 Å². The molecule has 3 aromatic rings. The minimum Gasteiger partial charge on any atom is -0.118 e. The molecular weight excluding hydrogens is 349 g/mol. The second-order valence-corrected chi connectivity index (χ2v) is 7.18. The molecule has 5 heteroatoms. The van der Waals surface area contributed by atoms with Gasteiger partial charge in [0.05, 0.1) is 0 Å².